The summed E-state index contributed by atoms with van der Waals surface area (Å²) in [5.41, 5.74) is -0.883. The van der Waals surface area contributed by atoms with Crippen LogP contribution in [0.1, 0.15) is 5.56 Å². The van der Waals surface area contributed by atoms with Crippen LogP contribution in [-0.4, -0.2) is 4.98 Å². The molecule has 20 heavy (non-hydrogen) atoms. The van der Waals surface area contributed by atoms with Crippen molar-refractivity contribution in [3.05, 3.63) is 51.7 Å². The number of hydrogen-bond acceptors (Lipinski definition) is 4. The zero-order valence-corrected chi connectivity index (χ0v) is 10.6. The second-order valence-corrected chi connectivity index (χ2v) is 4.94. The largest absolute Gasteiger partial charge is 0.416 e. The fourth-order valence-electron chi connectivity index (χ4n) is 1.76. The lowest BCUT2D eigenvalue weighted by atomic mass is 10.1. The van der Waals surface area contributed by atoms with Crippen molar-refractivity contribution in [2.75, 3.05) is 0 Å². The molecule has 0 spiro atoms. The Kier molecular flexibility index (Phi) is 2.86. The van der Waals surface area contributed by atoms with Gasteiger partial charge >= 0.3 is 11.8 Å². The molecule has 1 aromatic carbocycles. The van der Waals surface area contributed by atoms with Crippen LogP contribution in [0.15, 0.2) is 44.9 Å². The molecule has 0 unspecified atom stereocenters. The third-order valence-electron chi connectivity index (χ3n) is 2.68. The number of alkyl halides is 3. The quantitative estimate of drug-likeness (QED) is 0.683. The van der Waals surface area contributed by atoms with Crippen molar-refractivity contribution in [3.8, 4) is 11.5 Å². The Morgan fingerprint density at radius 3 is 2.75 bits per heavy atom. The zero-order chi connectivity index (χ0) is 14.3. The number of benzene rings is 1. The molecule has 7 heteroatoms. The molecule has 0 saturated carbocycles. The van der Waals surface area contributed by atoms with Gasteiger partial charge in [0.05, 0.1) is 11.1 Å². The molecule has 0 fully saturated rings. The molecule has 0 aliphatic carbocycles. The van der Waals surface area contributed by atoms with E-state index in [2.05, 4.69) is 4.98 Å². The Labute approximate surface area is 114 Å². The molecule has 0 amide bonds. The van der Waals surface area contributed by atoms with E-state index >= 15 is 0 Å². The Hall–Kier alpha value is -2.15. The molecule has 0 saturated heterocycles. The molecule has 3 rings (SSSR count). The second kappa shape index (κ2) is 4.45. The summed E-state index contributed by atoms with van der Waals surface area (Å²) in [5.74, 6) is -0.119. The molecule has 0 aliphatic rings. The van der Waals surface area contributed by atoms with Gasteiger partial charge in [0.15, 0.2) is 0 Å². The van der Waals surface area contributed by atoms with Crippen LogP contribution in [-0.2, 0) is 6.18 Å². The molecule has 0 bridgehead atoms. The maximum atomic E-state index is 12.7. The molecular formula is C13H6F3NO2S. The average molecular weight is 297 g/mol. The molecule has 3 nitrogen and oxygen atoms in total. The van der Waals surface area contributed by atoms with E-state index in [0.29, 0.717) is 10.2 Å². The van der Waals surface area contributed by atoms with Crippen molar-refractivity contribution in [2.24, 2.45) is 0 Å². The number of rotatable bonds is 1. The lowest BCUT2D eigenvalue weighted by Crippen LogP contribution is -2.05. The van der Waals surface area contributed by atoms with E-state index in [9.17, 15) is 18.0 Å². The minimum atomic E-state index is -4.46. The monoisotopic (exact) mass is 297 g/mol. The minimum Gasteiger partial charge on any atom is -0.403 e. The number of hydrogen-bond donors (Lipinski definition) is 0. The van der Waals surface area contributed by atoms with Gasteiger partial charge in [0.2, 0.25) is 5.89 Å². The normalized spacial score (nSPS) is 11.9. The first-order chi connectivity index (χ1) is 9.45. The average Bonchev–Trinajstić information content (AvgIpc) is 2.87. The Bertz CT molecular complexity index is 835. The summed E-state index contributed by atoms with van der Waals surface area (Å²) in [6, 6.07) is 6.14. The lowest BCUT2D eigenvalue weighted by Gasteiger charge is -2.07. The van der Waals surface area contributed by atoms with Gasteiger partial charge in [-0.1, -0.05) is 6.07 Å². The molecule has 3 aromatic rings. The highest BCUT2D eigenvalue weighted by atomic mass is 32.1. The van der Waals surface area contributed by atoms with Crippen molar-refractivity contribution in [2.45, 2.75) is 6.18 Å². The molecule has 2 heterocycles. The fourth-order valence-corrected chi connectivity index (χ4v) is 2.47. The van der Waals surface area contributed by atoms with Gasteiger partial charge in [0.1, 0.15) is 4.70 Å². The second-order valence-electron chi connectivity index (χ2n) is 4.02. The molecule has 0 N–H and O–H groups in total. The van der Waals surface area contributed by atoms with Crippen LogP contribution in [0.25, 0.3) is 21.7 Å². The molecule has 0 aliphatic heterocycles. The summed E-state index contributed by atoms with van der Waals surface area (Å²) in [4.78, 5) is 15.8. The van der Waals surface area contributed by atoms with Crippen molar-refractivity contribution in [1.29, 1.82) is 0 Å². The van der Waals surface area contributed by atoms with Gasteiger partial charge in [0, 0.05) is 5.56 Å². The van der Waals surface area contributed by atoms with Crippen LogP contribution in [0.4, 0.5) is 13.2 Å². The number of thiophene rings is 1. The molecule has 2 aromatic heterocycles. The van der Waals surface area contributed by atoms with Crippen LogP contribution in [0.3, 0.4) is 0 Å². The van der Waals surface area contributed by atoms with Crippen LogP contribution >= 0.6 is 11.3 Å². The van der Waals surface area contributed by atoms with Gasteiger partial charge in [0.25, 0.3) is 0 Å². The molecule has 0 atom stereocenters. The number of aromatic nitrogens is 1. The van der Waals surface area contributed by atoms with Crippen LogP contribution < -0.4 is 5.63 Å². The van der Waals surface area contributed by atoms with Gasteiger partial charge in [-0.3, -0.25) is 0 Å². The third kappa shape index (κ3) is 2.20. The third-order valence-corrected chi connectivity index (χ3v) is 3.56. The van der Waals surface area contributed by atoms with Gasteiger partial charge in [-0.2, -0.15) is 13.2 Å². The predicted molar refractivity (Wildman–Crippen MR) is 68.6 cm³/mol. The van der Waals surface area contributed by atoms with Gasteiger partial charge in [-0.25, -0.2) is 9.78 Å². The van der Waals surface area contributed by atoms with Crippen LogP contribution in [0, 0.1) is 0 Å². The van der Waals surface area contributed by atoms with Crippen LogP contribution in [0.2, 0.25) is 0 Å². The van der Waals surface area contributed by atoms with Crippen molar-refractivity contribution in [1.82, 2.24) is 4.98 Å². The van der Waals surface area contributed by atoms with E-state index in [1.165, 1.54) is 23.5 Å². The van der Waals surface area contributed by atoms with E-state index in [0.717, 1.165) is 12.1 Å². The first-order valence-corrected chi connectivity index (χ1v) is 6.39. The van der Waals surface area contributed by atoms with E-state index < -0.39 is 17.4 Å². The summed E-state index contributed by atoms with van der Waals surface area (Å²) < 4.78 is 43.3. The predicted octanol–water partition coefficient (Wildman–Crippen LogP) is 3.94. The Morgan fingerprint density at radius 2 is 2.00 bits per heavy atom. The van der Waals surface area contributed by atoms with E-state index in [1.54, 1.807) is 11.4 Å². The summed E-state index contributed by atoms with van der Waals surface area (Å²) >= 11 is 1.18. The summed E-state index contributed by atoms with van der Waals surface area (Å²) in [7, 11) is 0. The van der Waals surface area contributed by atoms with E-state index in [4.69, 9.17) is 4.42 Å². The first kappa shape index (κ1) is 12.9. The number of nitrogens with zero attached hydrogens (tertiary/aromatic N) is 1. The highest BCUT2D eigenvalue weighted by Crippen LogP contribution is 2.31. The molecule has 0 radical (unpaired) electrons. The topological polar surface area (TPSA) is 43.1 Å². The number of halogens is 3. The maximum absolute atomic E-state index is 12.7. The Morgan fingerprint density at radius 1 is 1.20 bits per heavy atom. The van der Waals surface area contributed by atoms with Crippen LogP contribution in [0.5, 0.6) is 0 Å². The van der Waals surface area contributed by atoms with Gasteiger partial charge in [-0.15, -0.1) is 11.3 Å². The highest BCUT2D eigenvalue weighted by Gasteiger charge is 2.30. The van der Waals surface area contributed by atoms with Gasteiger partial charge < -0.3 is 4.42 Å². The standard InChI is InChI=1S/C13H6F3NO2S/c14-13(15,16)8-3-1-2-7(6-8)11-17-9-4-5-20-10(9)12(18)19-11/h1-6H. The smallest absolute Gasteiger partial charge is 0.403 e. The zero-order valence-electron chi connectivity index (χ0n) is 9.77. The van der Waals surface area contributed by atoms with E-state index in [1.807, 2.05) is 0 Å². The van der Waals surface area contributed by atoms with E-state index in [-0.39, 0.29) is 11.5 Å². The summed E-state index contributed by atoms with van der Waals surface area (Å²) in [6.07, 6.45) is -4.46. The van der Waals surface area contributed by atoms with Gasteiger partial charge in [-0.05, 0) is 29.6 Å². The highest BCUT2D eigenvalue weighted by molar-refractivity contribution is 7.17. The van der Waals surface area contributed by atoms with Crippen molar-refractivity contribution >= 4 is 21.6 Å². The summed E-state index contributed by atoms with van der Waals surface area (Å²) in [6.45, 7) is 0. The van der Waals surface area contributed by atoms with Crippen molar-refractivity contribution in [3.63, 3.8) is 0 Å². The SMILES string of the molecule is O=c1oc(-c2cccc(C(F)(F)F)c2)nc2ccsc12. The lowest BCUT2D eigenvalue weighted by molar-refractivity contribution is -0.137. The maximum Gasteiger partial charge on any atom is 0.416 e. The minimum absolute atomic E-state index is 0.116. The Balaban J connectivity index is 2.18. The molecule has 102 valence electrons. The first-order valence-electron chi connectivity index (χ1n) is 5.51. The number of fused-ring (bicyclic) bond motifs is 1. The molecular weight excluding hydrogens is 291 g/mol. The summed E-state index contributed by atoms with van der Waals surface area (Å²) in [5, 5.41) is 1.67. The van der Waals surface area contributed by atoms with Crippen molar-refractivity contribution < 1.29 is 17.6 Å². The fraction of sp³-hybridized carbons (Fsp3) is 0.0769.